The van der Waals surface area contributed by atoms with E-state index in [1.165, 1.54) is 12.8 Å². The molecule has 1 rings (SSSR count). The fraction of sp³-hybridized carbons (Fsp3) is 1.00. The molecule has 0 aromatic heterocycles. The maximum atomic E-state index is 5.54. The highest BCUT2D eigenvalue weighted by atomic mass is 32.2. The van der Waals surface area contributed by atoms with Crippen LogP contribution in [0.3, 0.4) is 0 Å². The first kappa shape index (κ1) is 15.2. The van der Waals surface area contributed by atoms with Crippen molar-refractivity contribution in [3.8, 4) is 0 Å². The molecule has 0 aromatic carbocycles. The molecule has 102 valence electrons. The maximum absolute atomic E-state index is 5.54. The summed E-state index contributed by atoms with van der Waals surface area (Å²) >= 11 is 1.97. The Morgan fingerprint density at radius 2 is 1.76 bits per heavy atom. The van der Waals surface area contributed by atoms with Gasteiger partial charge in [0, 0.05) is 37.3 Å². The molecular weight excluding hydrogens is 238 g/mol. The van der Waals surface area contributed by atoms with Crippen molar-refractivity contribution in [1.29, 1.82) is 0 Å². The molecule has 0 radical (unpaired) electrons. The quantitative estimate of drug-likeness (QED) is 0.626. The zero-order chi connectivity index (χ0) is 12.5. The standard InChI is InChI=1S/C12H25NO3S/c1-4-15-12(16-5-2)10-17-11-6-8-13(14-3)9-7-11/h11-12H,4-10H2,1-3H3. The summed E-state index contributed by atoms with van der Waals surface area (Å²) in [5.41, 5.74) is 0. The lowest BCUT2D eigenvalue weighted by Gasteiger charge is -2.30. The molecule has 0 saturated carbocycles. The molecular formula is C12H25NO3S. The number of nitrogens with zero attached hydrogens (tertiary/aromatic N) is 1. The van der Waals surface area contributed by atoms with Crippen LogP contribution < -0.4 is 0 Å². The normalized spacial score (nSPS) is 19.1. The Hall–Kier alpha value is 0.190. The Kier molecular flexibility index (Phi) is 8.22. The molecule has 0 aromatic rings. The monoisotopic (exact) mass is 263 g/mol. The Labute approximate surface area is 109 Å². The van der Waals surface area contributed by atoms with Gasteiger partial charge in [-0.2, -0.15) is 16.8 Å². The van der Waals surface area contributed by atoms with E-state index >= 15 is 0 Å². The average Bonchev–Trinajstić information content (AvgIpc) is 2.37. The zero-order valence-electron chi connectivity index (χ0n) is 11.2. The summed E-state index contributed by atoms with van der Waals surface area (Å²) in [5, 5.41) is 2.74. The van der Waals surface area contributed by atoms with Gasteiger partial charge in [-0.1, -0.05) is 0 Å². The van der Waals surface area contributed by atoms with Gasteiger partial charge in [-0.05, 0) is 26.7 Å². The van der Waals surface area contributed by atoms with E-state index in [2.05, 4.69) is 0 Å². The summed E-state index contributed by atoms with van der Waals surface area (Å²) < 4.78 is 11.1. The van der Waals surface area contributed by atoms with Gasteiger partial charge < -0.3 is 14.3 Å². The number of thioether (sulfide) groups is 1. The zero-order valence-corrected chi connectivity index (χ0v) is 12.0. The largest absolute Gasteiger partial charge is 0.352 e. The Morgan fingerprint density at radius 3 is 2.24 bits per heavy atom. The van der Waals surface area contributed by atoms with Crippen LogP contribution in [0.5, 0.6) is 0 Å². The minimum atomic E-state index is -0.0459. The smallest absolute Gasteiger partial charge is 0.166 e. The van der Waals surface area contributed by atoms with Crippen LogP contribution in [0.2, 0.25) is 0 Å². The fourth-order valence-corrected chi connectivity index (χ4v) is 3.08. The van der Waals surface area contributed by atoms with Crippen molar-refractivity contribution in [2.24, 2.45) is 0 Å². The lowest BCUT2D eigenvalue weighted by molar-refractivity contribution is -0.140. The second kappa shape index (κ2) is 9.16. The summed E-state index contributed by atoms with van der Waals surface area (Å²) in [7, 11) is 1.74. The molecule has 0 atom stereocenters. The average molecular weight is 263 g/mol. The predicted octanol–water partition coefficient (Wildman–Crippen LogP) is 2.14. The third-order valence-corrected chi connectivity index (χ3v) is 4.24. The fourth-order valence-electron chi connectivity index (χ4n) is 1.91. The van der Waals surface area contributed by atoms with E-state index in [9.17, 15) is 0 Å². The van der Waals surface area contributed by atoms with E-state index in [1.807, 2.05) is 30.7 Å². The molecule has 1 aliphatic rings. The molecule has 1 saturated heterocycles. The van der Waals surface area contributed by atoms with E-state index < -0.39 is 0 Å². The molecule has 1 fully saturated rings. The second-order valence-electron chi connectivity index (χ2n) is 3.98. The number of ether oxygens (including phenoxy) is 2. The molecule has 0 bridgehead atoms. The third kappa shape index (κ3) is 6.06. The van der Waals surface area contributed by atoms with Crippen molar-refractivity contribution >= 4 is 11.8 Å². The van der Waals surface area contributed by atoms with Crippen LogP contribution in [0.4, 0.5) is 0 Å². The Bertz CT molecular complexity index is 181. The van der Waals surface area contributed by atoms with Gasteiger partial charge in [0.15, 0.2) is 6.29 Å². The minimum Gasteiger partial charge on any atom is -0.352 e. The van der Waals surface area contributed by atoms with Gasteiger partial charge in [-0.15, -0.1) is 0 Å². The maximum Gasteiger partial charge on any atom is 0.166 e. The first-order chi connectivity index (χ1) is 8.30. The van der Waals surface area contributed by atoms with Crippen LogP contribution in [0, 0.1) is 0 Å². The molecule has 0 unspecified atom stereocenters. The lowest BCUT2D eigenvalue weighted by atomic mass is 10.2. The molecule has 1 heterocycles. The van der Waals surface area contributed by atoms with Crippen molar-refractivity contribution in [2.75, 3.05) is 39.2 Å². The van der Waals surface area contributed by atoms with E-state index in [-0.39, 0.29) is 6.29 Å². The first-order valence-electron chi connectivity index (χ1n) is 6.44. The minimum absolute atomic E-state index is 0.0459. The van der Waals surface area contributed by atoms with Crippen LogP contribution >= 0.6 is 11.8 Å². The summed E-state index contributed by atoms with van der Waals surface area (Å²) in [5.74, 6) is 0.930. The SMILES string of the molecule is CCOC(CSC1CCN(OC)CC1)OCC. The number of hydroxylamine groups is 2. The van der Waals surface area contributed by atoms with Crippen molar-refractivity contribution in [3.63, 3.8) is 0 Å². The van der Waals surface area contributed by atoms with Crippen molar-refractivity contribution < 1.29 is 14.3 Å². The molecule has 0 N–H and O–H groups in total. The van der Waals surface area contributed by atoms with E-state index in [0.29, 0.717) is 18.5 Å². The number of hydrogen-bond donors (Lipinski definition) is 0. The van der Waals surface area contributed by atoms with Crippen LogP contribution in [-0.2, 0) is 14.3 Å². The number of piperidine rings is 1. The van der Waals surface area contributed by atoms with Gasteiger partial charge in [0.1, 0.15) is 0 Å². The predicted molar refractivity (Wildman–Crippen MR) is 71.1 cm³/mol. The third-order valence-electron chi connectivity index (χ3n) is 2.83. The molecule has 0 amide bonds. The highest BCUT2D eigenvalue weighted by molar-refractivity contribution is 7.99. The number of hydrogen-bond acceptors (Lipinski definition) is 5. The van der Waals surface area contributed by atoms with Gasteiger partial charge in [0.05, 0.1) is 7.11 Å². The molecule has 0 aliphatic carbocycles. The van der Waals surface area contributed by atoms with Crippen LogP contribution in [0.15, 0.2) is 0 Å². The second-order valence-corrected chi connectivity index (χ2v) is 5.32. The summed E-state index contributed by atoms with van der Waals surface area (Å²) in [4.78, 5) is 5.22. The van der Waals surface area contributed by atoms with E-state index in [4.69, 9.17) is 14.3 Å². The van der Waals surface area contributed by atoms with E-state index in [0.717, 1.165) is 18.8 Å². The first-order valence-corrected chi connectivity index (χ1v) is 7.48. The Morgan fingerprint density at radius 1 is 1.18 bits per heavy atom. The van der Waals surface area contributed by atoms with E-state index in [1.54, 1.807) is 7.11 Å². The van der Waals surface area contributed by atoms with Gasteiger partial charge >= 0.3 is 0 Å². The summed E-state index contributed by atoms with van der Waals surface area (Å²) in [6, 6.07) is 0. The van der Waals surface area contributed by atoms with Gasteiger partial charge in [-0.25, -0.2) is 0 Å². The van der Waals surface area contributed by atoms with Gasteiger partial charge in [-0.3, -0.25) is 0 Å². The summed E-state index contributed by atoms with van der Waals surface area (Å²) in [6.45, 7) is 7.51. The van der Waals surface area contributed by atoms with Crippen molar-refractivity contribution in [3.05, 3.63) is 0 Å². The molecule has 5 heteroatoms. The summed E-state index contributed by atoms with van der Waals surface area (Å²) in [6.07, 6.45) is 2.32. The topological polar surface area (TPSA) is 30.9 Å². The highest BCUT2D eigenvalue weighted by Gasteiger charge is 2.20. The molecule has 0 spiro atoms. The van der Waals surface area contributed by atoms with Crippen LogP contribution in [0.25, 0.3) is 0 Å². The van der Waals surface area contributed by atoms with Gasteiger partial charge in [0.2, 0.25) is 0 Å². The number of rotatable bonds is 8. The Balaban J connectivity index is 2.16. The van der Waals surface area contributed by atoms with Crippen molar-refractivity contribution in [2.45, 2.75) is 38.2 Å². The molecule has 17 heavy (non-hydrogen) atoms. The molecule has 1 aliphatic heterocycles. The van der Waals surface area contributed by atoms with Crippen molar-refractivity contribution in [1.82, 2.24) is 5.06 Å². The van der Waals surface area contributed by atoms with Crippen LogP contribution in [0.1, 0.15) is 26.7 Å². The molecule has 4 nitrogen and oxygen atoms in total. The highest BCUT2D eigenvalue weighted by Crippen LogP contribution is 2.24. The lowest BCUT2D eigenvalue weighted by Crippen LogP contribution is -2.34. The van der Waals surface area contributed by atoms with Gasteiger partial charge in [0.25, 0.3) is 0 Å². The van der Waals surface area contributed by atoms with Crippen LogP contribution in [-0.4, -0.2) is 55.8 Å².